The quantitative estimate of drug-likeness (QED) is 0.744. The number of hydrogen-bond acceptors (Lipinski definition) is 1. The van der Waals surface area contributed by atoms with Crippen LogP contribution in [0.5, 0.6) is 0 Å². The van der Waals surface area contributed by atoms with Crippen molar-refractivity contribution in [3.05, 3.63) is 54.6 Å². The van der Waals surface area contributed by atoms with E-state index in [9.17, 15) is 4.79 Å². The molecule has 0 saturated heterocycles. The number of nitrogens with zero attached hydrogens (tertiary/aromatic N) is 1. The van der Waals surface area contributed by atoms with Crippen LogP contribution in [0, 0.1) is 0 Å². The number of amides is 1. The molecule has 19 heavy (non-hydrogen) atoms. The van der Waals surface area contributed by atoms with Crippen LogP contribution in [-0.2, 0) is 4.79 Å². The van der Waals surface area contributed by atoms with Crippen molar-refractivity contribution < 1.29 is 4.79 Å². The van der Waals surface area contributed by atoms with Gasteiger partial charge < -0.3 is 0 Å². The molecule has 1 saturated carbocycles. The molecular formula is C17H19NO. The summed E-state index contributed by atoms with van der Waals surface area (Å²) in [6.07, 6.45) is 9.21. The Bertz CT molecular complexity index is 523. The van der Waals surface area contributed by atoms with E-state index in [1.165, 1.54) is 19.3 Å². The molecule has 1 amide bonds. The summed E-state index contributed by atoms with van der Waals surface area (Å²) >= 11 is 0. The zero-order chi connectivity index (χ0) is 13.3. The van der Waals surface area contributed by atoms with Gasteiger partial charge in [-0.25, -0.2) is 0 Å². The summed E-state index contributed by atoms with van der Waals surface area (Å²) in [6, 6.07) is 9.98. The van der Waals surface area contributed by atoms with Crippen molar-refractivity contribution in [2.45, 2.75) is 37.6 Å². The van der Waals surface area contributed by atoms with Gasteiger partial charge in [0.25, 0.3) is 5.91 Å². The molecule has 2 heteroatoms. The van der Waals surface area contributed by atoms with E-state index in [2.05, 4.69) is 6.58 Å². The highest BCUT2D eigenvalue weighted by Crippen LogP contribution is 2.43. The van der Waals surface area contributed by atoms with Crippen LogP contribution in [0.2, 0.25) is 0 Å². The molecule has 0 N–H and O–H groups in total. The average Bonchev–Trinajstić information content (AvgIpc) is 2.46. The molecule has 2 nitrogen and oxygen atoms in total. The third-order valence-corrected chi connectivity index (χ3v) is 4.37. The minimum absolute atomic E-state index is 0.0838. The number of para-hydroxylation sites is 1. The van der Waals surface area contributed by atoms with Crippen LogP contribution in [0.15, 0.2) is 54.6 Å². The smallest absolute Gasteiger partial charge is 0.251 e. The fourth-order valence-electron chi connectivity index (χ4n) is 3.39. The van der Waals surface area contributed by atoms with E-state index in [4.69, 9.17) is 0 Å². The predicted octanol–water partition coefficient (Wildman–Crippen LogP) is 3.85. The molecule has 0 radical (unpaired) electrons. The normalized spacial score (nSPS) is 22.0. The first-order chi connectivity index (χ1) is 9.24. The molecule has 0 aromatic heterocycles. The van der Waals surface area contributed by atoms with E-state index in [1.54, 1.807) is 6.08 Å². The Balaban J connectivity index is 2.09. The molecule has 1 heterocycles. The van der Waals surface area contributed by atoms with Gasteiger partial charge in [0.2, 0.25) is 0 Å². The molecule has 0 atom stereocenters. The average molecular weight is 253 g/mol. The van der Waals surface area contributed by atoms with Crippen molar-refractivity contribution in [3.63, 3.8) is 0 Å². The van der Waals surface area contributed by atoms with Crippen molar-refractivity contribution in [1.29, 1.82) is 0 Å². The molecular weight excluding hydrogens is 234 g/mol. The maximum Gasteiger partial charge on any atom is 0.251 e. The molecule has 1 fully saturated rings. The maximum absolute atomic E-state index is 12.4. The fraction of sp³-hybridized carbons (Fsp3) is 0.353. The van der Waals surface area contributed by atoms with Crippen LogP contribution < -0.4 is 4.90 Å². The van der Waals surface area contributed by atoms with E-state index in [0.717, 1.165) is 24.1 Å². The molecule has 0 unspecified atom stereocenters. The first-order valence-electron chi connectivity index (χ1n) is 7.01. The summed E-state index contributed by atoms with van der Waals surface area (Å²) in [5.74, 6) is 0.0838. The summed E-state index contributed by atoms with van der Waals surface area (Å²) in [7, 11) is 0. The summed E-state index contributed by atoms with van der Waals surface area (Å²) in [6.45, 7) is 4.22. The molecule has 2 aliphatic rings. The van der Waals surface area contributed by atoms with Gasteiger partial charge in [-0.15, -0.1) is 0 Å². The molecule has 1 aromatic rings. The van der Waals surface area contributed by atoms with E-state index >= 15 is 0 Å². The SMILES string of the molecule is C=C1C=CC(=O)N(c2ccccc2)C12CCCCC2. The predicted molar refractivity (Wildman–Crippen MR) is 78.0 cm³/mol. The van der Waals surface area contributed by atoms with Crippen molar-refractivity contribution in [1.82, 2.24) is 0 Å². The monoisotopic (exact) mass is 253 g/mol. The van der Waals surface area contributed by atoms with E-state index in [-0.39, 0.29) is 11.4 Å². The zero-order valence-corrected chi connectivity index (χ0v) is 11.1. The number of benzene rings is 1. The molecule has 1 aromatic carbocycles. The number of hydrogen-bond donors (Lipinski definition) is 0. The van der Waals surface area contributed by atoms with Gasteiger partial charge in [-0.05, 0) is 30.5 Å². The van der Waals surface area contributed by atoms with E-state index in [1.807, 2.05) is 41.3 Å². The molecule has 1 aliphatic carbocycles. The Kier molecular flexibility index (Phi) is 3.02. The number of anilines is 1. The van der Waals surface area contributed by atoms with Crippen LogP contribution in [0.1, 0.15) is 32.1 Å². The number of carbonyl (C=O) groups is 1. The van der Waals surface area contributed by atoms with Crippen LogP contribution >= 0.6 is 0 Å². The second kappa shape index (κ2) is 4.69. The minimum atomic E-state index is -0.189. The second-order valence-electron chi connectivity index (χ2n) is 5.46. The summed E-state index contributed by atoms with van der Waals surface area (Å²) in [5.41, 5.74) is 1.88. The van der Waals surface area contributed by atoms with Crippen LogP contribution in [-0.4, -0.2) is 11.4 Å². The summed E-state index contributed by atoms with van der Waals surface area (Å²) in [4.78, 5) is 14.4. The van der Waals surface area contributed by atoms with Crippen molar-refractivity contribution in [2.24, 2.45) is 0 Å². The van der Waals surface area contributed by atoms with Crippen LogP contribution in [0.3, 0.4) is 0 Å². The maximum atomic E-state index is 12.4. The van der Waals surface area contributed by atoms with Crippen molar-refractivity contribution >= 4 is 11.6 Å². The highest BCUT2D eigenvalue weighted by Gasteiger charge is 2.44. The minimum Gasteiger partial charge on any atom is -0.299 e. The highest BCUT2D eigenvalue weighted by atomic mass is 16.2. The lowest BCUT2D eigenvalue weighted by Crippen LogP contribution is -2.55. The van der Waals surface area contributed by atoms with E-state index < -0.39 is 0 Å². The topological polar surface area (TPSA) is 20.3 Å². The summed E-state index contributed by atoms with van der Waals surface area (Å²) < 4.78 is 0. The first kappa shape index (κ1) is 12.2. The number of carbonyl (C=O) groups excluding carboxylic acids is 1. The van der Waals surface area contributed by atoms with Gasteiger partial charge in [-0.2, -0.15) is 0 Å². The zero-order valence-electron chi connectivity index (χ0n) is 11.1. The Labute approximate surface area is 114 Å². The molecule has 98 valence electrons. The molecule has 1 spiro atoms. The standard InChI is InChI=1S/C17H19NO/c1-14-10-11-16(19)18(15-8-4-2-5-9-15)17(14)12-6-3-7-13-17/h2,4-5,8-11H,1,3,6-7,12-13H2. The lowest BCUT2D eigenvalue weighted by atomic mass is 9.73. The molecule has 0 bridgehead atoms. The Morgan fingerprint density at radius 1 is 1.00 bits per heavy atom. The lowest BCUT2D eigenvalue weighted by Gasteiger charge is -2.48. The van der Waals surface area contributed by atoms with Gasteiger partial charge in [-0.1, -0.05) is 50.1 Å². The number of rotatable bonds is 1. The van der Waals surface area contributed by atoms with E-state index in [0.29, 0.717) is 0 Å². The van der Waals surface area contributed by atoms with Crippen molar-refractivity contribution in [3.8, 4) is 0 Å². The van der Waals surface area contributed by atoms with Gasteiger partial charge in [0.05, 0.1) is 5.54 Å². The second-order valence-corrected chi connectivity index (χ2v) is 5.46. The lowest BCUT2D eigenvalue weighted by molar-refractivity contribution is -0.115. The molecule has 1 aliphatic heterocycles. The van der Waals surface area contributed by atoms with Crippen LogP contribution in [0.4, 0.5) is 5.69 Å². The van der Waals surface area contributed by atoms with Gasteiger partial charge in [0.1, 0.15) is 0 Å². The highest BCUT2D eigenvalue weighted by molar-refractivity contribution is 6.05. The van der Waals surface area contributed by atoms with Crippen LogP contribution in [0.25, 0.3) is 0 Å². The summed E-state index contributed by atoms with van der Waals surface area (Å²) in [5, 5.41) is 0. The third-order valence-electron chi connectivity index (χ3n) is 4.37. The Morgan fingerprint density at radius 3 is 2.37 bits per heavy atom. The largest absolute Gasteiger partial charge is 0.299 e. The van der Waals surface area contributed by atoms with Gasteiger partial charge in [0, 0.05) is 11.8 Å². The fourth-order valence-corrected chi connectivity index (χ4v) is 3.39. The van der Waals surface area contributed by atoms with Gasteiger partial charge in [0.15, 0.2) is 0 Å². The first-order valence-corrected chi connectivity index (χ1v) is 7.01. The Hall–Kier alpha value is -1.83. The van der Waals surface area contributed by atoms with Gasteiger partial charge in [-0.3, -0.25) is 9.69 Å². The third kappa shape index (κ3) is 1.92. The Morgan fingerprint density at radius 2 is 1.68 bits per heavy atom. The van der Waals surface area contributed by atoms with Gasteiger partial charge >= 0.3 is 0 Å². The van der Waals surface area contributed by atoms with Crippen molar-refractivity contribution in [2.75, 3.05) is 4.90 Å². The molecule has 3 rings (SSSR count).